The zero-order chi connectivity index (χ0) is 10.3. The minimum Gasteiger partial charge on any atom is -0.0839 e. The number of allylic oxidation sites excluding steroid dienone is 1. The van der Waals surface area contributed by atoms with Gasteiger partial charge in [0.15, 0.2) is 0 Å². The minimum atomic E-state index is 1.02. The predicted molar refractivity (Wildman–Crippen MR) is 66.7 cm³/mol. The molecule has 15 heavy (non-hydrogen) atoms. The summed E-state index contributed by atoms with van der Waals surface area (Å²) in [7, 11) is 0. The Morgan fingerprint density at radius 1 is 1.07 bits per heavy atom. The van der Waals surface area contributed by atoms with Crippen LogP contribution in [0.5, 0.6) is 0 Å². The normalized spacial score (nSPS) is 17.6. The summed E-state index contributed by atoms with van der Waals surface area (Å²) in [5.74, 6) is 1.02. The van der Waals surface area contributed by atoms with Crippen molar-refractivity contribution in [1.82, 2.24) is 0 Å². The molecule has 0 heterocycles. The van der Waals surface area contributed by atoms with Gasteiger partial charge in [-0.2, -0.15) is 0 Å². The molecule has 0 aromatic heterocycles. The number of hydrogen-bond acceptors (Lipinski definition) is 0. The first-order chi connectivity index (χ1) is 7.45. The zero-order valence-electron chi connectivity index (χ0n) is 9.36. The fourth-order valence-electron chi connectivity index (χ4n) is 2.41. The van der Waals surface area contributed by atoms with Gasteiger partial charge in [-0.25, -0.2) is 0 Å². The first-order valence-electron chi connectivity index (χ1n) is 6.17. The molecule has 1 aromatic carbocycles. The van der Waals surface area contributed by atoms with E-state index >= 15 is 0 Å². The van der Waals surface area contributed by atoms with Crippen LogP contribution in [0.4, 0.5) is 0 Å². The van der Waals surface area contributed by atoms with Gasteiger partial charge in [0.25, 0.3) is 0 Å². The summed E-state index contributed by atoms with van der Waals surface area (Å²) in [6.45, 7) is 0. The highest BCUT2D eigenvalue weighted by Gasteiger charge is 2.13. The molecular weight excluding hydrogens is 180 g/mol. The van der Waals surface area contributed by atoms with Gasteiger partial charge in [0, 0.05) is 0 Å². The van der Waals surface area contributed by atoms with Crippen LogP contribution in [-0.4, -0.2) is 0 Å². The van der Waals surface area contributed by atoms with Crippen LogP contribution in [-0.2, 0) is 0 Å². The van der Waals surface area contributed by atoms with Crippen LogP contribution < -0.4 is 0 Å². The molecule has 1 saturated carbocycles. The fourth-order valence-corrected chi connectivity index (χ4v) is 2.41. The van der Waals surface area contributed by atoms with Crippen molar-refractivity contribution in [3.05, 3.63) is 42.0 Å². The highest BCUT2D eigenvalue weighted by Crippen LogP contribution is 2.28. The third-order valence-electron chi connectivity index (χ3n) is 3.33. The predicted octanol–water partition coefficient (Wildman–Crippen LogP) is 4.67. The Kier molecular flexibility index (Phi) is 4.01. The van der Waals surface area contributed by atoms with Gasteiger partial charge in [-0.05, 0) is 24.3 Å². The summed E-state index contributed by atoms with van der Waals surface area (Å²) in [5, 5.41) is 0. The maximum absolute atomic E-state index is 2.33. The molecule has 0 bridgehead atoms. The summed E-state index contributed by atoms with van der Waals surface area (Å²) in [6, 6.07) is 10.6. The van der Waals surface area contributed by atoms with Crippen LogP contribution in [0.3, 0.4) is 0 Å². The highest BCUT2D eigenvalue weighted by atomic mass is 14.2. The van der Waals surface area contributed by atoms with Crippen molar-refractivity contribution >= 4 is 6.08 Å². The monoisotopic (exact) mass is 200 g/mol. The highest BCUT2D eigenvalue weighted by molar-refractivity contribution is 5.48. The standard InChI is InChI=1S/C15H20/c1-2-8-14(9-3-1)10-4-5-11-15-12-6-7-13-15/h1-4,8-10,15H,5-7,11-13H2/b10-4+. The van der Waals surface area contributed by atoms with Crippen LogP contribution in [0, 0.1) is 5.92 Å². The molecule has 0 saturated heterocycles. The molecular formula is C15H20. The smallest absolute Gasteiger partial charge is 0.0260 e. The average molecular weight is 200 g/mol. The van der Waals surface area contributed by atoms with Gasteiger partial charge in [-0.15, -0.1) is 0 Å². The largest absolute Gasteiger partial charge is 0.0839 e. The van der Waals surface area contributed by atoms with E-state index in [2.05, 4.69) is 42.5 Å². The summed E-state index contributed by atoms with van der Waals surface area (Å²) in [5.41, 5.74) is 1.32. The van der Waals surface area contributed by atoms with Crippen molar-refractivity contribution in [3.63, 3.8) is 0 Å². The molecule has 1 fully saturated rings. The lowest BCUT2D eigenvalue weighted by Gasteiger charge is -2.04. The molecule has 1 aromatic rings. The maximum atomic E-state index is 2.33. The Morgan fingerprint density at radius 3 is 2.53 bits per heavy atom. The van der Waals surface area contributed by atoms with E-state index in [-0.39, 0.29) is 0 Å². The first-order valence-corrected chi connectivity index (χ1v) is 6.17. The molecule has 0 unspecified atom stereocenters. The number of hydrogen-bond donors (Lipinski definition) is 0. The third kappa shape index (κ3) is 3.54. The Hall–Kier alpha value is -1.04. The van der Waals surface area contributed by atoms with E-state index in [0.29, 0.717) is 0 Å². The molecule has 0 spiro atoms. The van der Waals surface area contributed by atoms with E-state index < -0.39 is 0 Å². The van der Waals surface area contributed by atoms with Crippen molar-refractivity contribution in [2.45, 2.75) is 38.5 Å². The molecule has 0 heteroatoms. The maximum Gasteiger partial charge on any atom is -0.0260 e. The lowest BCUT2D eigenvalue weighted by Crippen LogP contribution is -1.90. The second-order valence-electron chi connectivity index (χ2n) is 4.54. The fraction of sp³-hybridized carbons (Fsp3) is 0.467. The van der Waals surface area contributed by atoms with Gasteiger partial charge in [0.1, 0.15) is 0 Å². The molecule has 0 atom stereocenters. The van der Waals surface area contributed by atoms with Crippen LogP contribution in [0.15, 0.2) is 36.4 Å². The Bertz CT molecular complexity index is 291. The number of benzene rings is 1. The van der Waals surface area contributed by atoms with Crippen molar-refractivity contribution in [2.24, 2.45) is 5.92 Å². The lowest BCUT2D eigenvalue weighted by atomic mass is 10.0. The van der Waals surface area contributed by atoms with Gasteiger partial charge >= 0.3 is 0 Å². The summed E-state index contributed by atoms with van der Waals surface area (Å²) < 4.78 is 0. The van der Waals surface area contributed by atoms with Gasteiger partial charge in [0.05, 0.1) is 0 Å². The molecule has 0 radical (unpaired) electrons. The van der Waals surface area contributed by atoms with Gasteiger partial charge in [-0.1, -0.05) is 68.2 Å². The quantitative estimate of drug-likeness (QED) is 0.662. The second kappa shape index (κ2) is 5.75. The molecule has 80 valence electrons. The molecule has 0 nitrogen and oxygen atoms in total. The van der Waals surface area contributed by atoms with E-state index in [4.69, 9.17) is 0 Å². The van der Waals surface area contributed by atoms with Crippen molar-refractivity contribution in [3.8, 4) is 0 Å². The molecule has 0 amide bonds. The molecule has 1 aliphatic rings. The first kappa shape index (κ1) is 10.5. The second-order valence-corrected chi connectivity index (χ2v) is 4.54. The topological polar surface area (TPSA) is 0 Å². The van der Waals surface area contributed by atoms with Crippen LogP contribution in [0.25, 0.3) is 6.08 Å². The van der Waals surface area contributed by atoms with Crippen molar-refractivity contribution in [2.75, 3.05) is 0 Å². The summed E-state index contributed by atoms with van der Waals surface area (Å²) in [4.78, 5) is 0. The SMILES string of the molecule is C(=C\c1ccccc1)/CCC1CCCC1. The molecule has 0 aliphatic heterocycles. The van der Waals surface area contributed by atoms with E-state index in [1.54, 1.807) is 0 Å². The van der Waals surface area contributed by atoms with Gasteiger partial charge in [-0.3, -0.25) is 0 Å². The van der Waals surface area contributed by atoms with E-state index in [1.807, 2.05) is 0 Å². The average Bonchev–Trinajstić information content (AvgIpc) is 2.79. The molecule has 1 aliphatic carbocycles. The number of rotatable bonds is 4. The molecule has 2 rings (SSSR count). The summed E-state index contributed by atoms with van der Waals surface area (Å²) >= 11 is 0. The lowest BCUT2D eigenvalue weighted by molar-refractivity contribution is 0.509. The minimum absolute atomic E-state index is 1.02. The van der Waals surface area contributed by atoms with Crippen molar-refractivity contribution in [1.29, 1.82) is 0 Å². The summed E-state index contributed by atoms with van der Waals surface area (Å²) in [6.07, 6.45) is 13.1. The zero-order valence-corrected chi connectivity index (χ0v) is 9.36. The Morgan fingerprint density at radius 2 is 1.80 bits per heavy atom. The Balaban J connectivity index is 1.71. The van der Waals surface area contributed by atoms with Crippen molar-refractivity contribution < 1.29 is 0 Å². The third-order valence-corrected chi connectivity index (χ3v) is 3.33. The Labute approximate surface area is 93.0 Å². The van der Waals surface area contributed by atoms with Gasteiger partial charge < -0.3 is 0 Å². The van der Waals surface area contributed by atoms with Crippen LogP contribution in [0.2, 0.25) is 0 Å². The van der Waals surface area contributed by atoms with Crippen LogP contribution in [0.1, 0.15) is 44.1 Å². The van der Waals surface area contributed by atoms with Gasteiger partial charge in [0.2, 0.25) is 0 Å². The molecule has 0 N–H and O–H groups in total. The van der Waals surface area contributed by atoms with E-state index in [1.165, 1.54) is 44.1 Å². The van der Waals surface area contributed by atoms with Crippen LogP contribution >= 0.6 is 0 Å². The van der Waals surface area contributed by atoms with E-state index in [0.717, 1.165) is 5.92 Å². The van der Waals surface area contributed by atoms with E-state index in [9.17, 15) is 0 Å².